The summed E-state index contributed by atoms with van der Waals surface area (Å²) in [5.41, 5.74) is 0. The van der Waals surface area contributed by atoms with Crippen molar-refractivity contribution in [2.24, 2.45) is 11.8 Å². The smallest absolute Gasteiger partial charge is 0.0895 e. The average Bonchev–Trinajstić information content (AvgIpc) is 2.68. The second-order valence-electron chi connectivity index (χ2n) is 3.52. The molecular formula is C7H8Br2O. The topological polar surface area (TPSA) is 12.5 Å². The quantitative estimate of drug-likeness (QED) is 0.485. The number of halogens is 2. The fourth-order valence-corrected chi connectivity index (χ4v) is 4.21. The van der Waals surface area contributed by atoms with Crippen molar-refractivity contribution in [3.63, 3.8) is 0 Å². The monoisotopic (exact) mass is 266 g/mol. The fraction of sp³-hybridized carbons (Fsp3) is 1.00. The highest BCUT2D eigenvalue weighted by molar-refractivity contribution is 9.25. The molecule has 56 valence electrons. The summed E-state index contributed by atoms with van der Waals surface area (Å²) in [5.74, 6) is 1.61. The van der Waals surface area contributed by atoms with E-state index in [4.69, 9.17) is 4.74 Å². The number of epoxide rings is 1. The van der Waals surface area contributed by atoms with E-state index < -0.39 is 0 Å². The molecule has 10 heavy (non-hydrogen) atoms. The van der Waals surface area contributed by atoms with E-state index in [9.17, 15) is 0 Å². The summed E-state index contributed by atoms with van der Waals surface area (Å²) in [6.07, 6.45) is 3.84. The summed E-state index contributed by atoms with van der Waals surface area (Å²) in [7, 11) is 0. The Morgan fingerprint density at radius 2 is 2.10 bits per heavy atom. The third kappa shape index (κ3) is 0.625. The van der Waals surface area contributed by atoms with E-state index in [1.54, 1.807) is 0 Å². The molecule has 1 aliphatic heterocycles. The van der Waals surface area contributed by atoms with Crippen LogP contribution in [0.25, 0.3) is 0 Å². The Morgan fingerprint density at radius 1 is 1.30 bits per heavy atom. The molecule has 4 atom stereocenters. The van der Waals surface area contributed by atoms with Crippen LogP contribution in [0.4, 0.5) is 0 Å². The molecule has 3 rings (SSSR count). The molecule has 1 heterocycles. The largest absolute Gasteiger partial charge is 0.369 e. The summed E-state index contributed by atoms with van der Waals surface area (Å²) in [6, 6.07) is 0. The highest BCUT2D eigenvalue weighted by Gasteiger charge is 2.72. The van der Waals surface area contributed by atoms with E-state index in [1.165, 1.54) is 12.8 Å². The van der Waals surface area contributed by atoms with E-state index in [2.05, 4.69) is 31.9 Å². The summed E-state index contributed by atoms with van der Waals surface area (Å²) in [5, 5.41) is 0. The van der Waals surface area contributed by atoms with Gasteiger partial charge in [0.1, 0.15) is 0 Å². The molecule has 0 N–H and O–H groups in total. The van der Waals surface area contributed by atoms with E-state index in [1.807, 2.05) is 0 Å². The van der Waals surface area contributed by atoms with Crippen LogP contribution in [0.1, 0.15) is 12.8 Å². The predicted molar refractivity (Wildman–Crippen MR) is 45.5 cm³/mol. The summed E-state index contributed by atoms with van der Waals surface area (Å²) >= 11 is 7.37. The third-order valence-electron chi connectivity index (χ3n) is 3.00. The molecule has 1 nitrogen and oxygen atoms in total. The van der Waals surface area contributed by atoms with Crippen molar-refractivity contribution >= 4 is 31.9 Å². The van der Waals surface area contributed by atoms with Gasteiger partial charge in [0.25, 0.3) is 0 Å². The number of hydrogen-bond acceptors (Lipinski definition) is 1. The molecule has 0 spiro atoms. The standard InChI is InChI=1S/C7H8Br2O/c8-7(9)3-1-2-4-6(10-4)5(3)7/h3-6H,1-2H2. The number of alkyl halides is 2. The molecule has 1 saturated heterocycles. The molecule has 0 radical (unpaired) electrons. The van der Waals surface area contributed by atoms with Gasteiger partial charge in [-0.05, 0) is 18.8 Å². The maximum Gasteiger partial charge on any atom is 0.0895 e. The van der Waals surface area contributed by atoms with Gasteiger partial charge in [-0.2, -0.15) is 0 Å². The second-order valence-corrected chi connectivity index (χ2v) is 7.21. The van der Waals surface area contributed by atoms with Gasteiger partial charge in [-0.15, -0.1) is 0 Å². The van der Waals surface area contributed by atoms with Crippen LogP contribution in [0.2, 0.25) is 0 Å². The Hall–Kier alpha value is 0.920. The lowest BCUT2D eigenvalue weighted by atomic mass is 10.0. The highest BCUT2D eigenvalue weighted by atomic mass is 79.9. The first-order chi connectivity index (χ1) is 4.71. The van der Waals surface area contributed by atoms with Crippen LogP contribution < -0.4 is 0 Å². The van der Waals surface area contributed by atoms with Gasteiger partial charge in [-0.25, -0.2) is 0 Å². The van der Waals surface area contributed by atoms with Gasteiger partial charge >= 0.3 is 0 Å². The Labute approximate surface area is 76.8 Å². The molecule has 0 aromatic heterocycles. The number of fused-ring (bicyclic) bond motifs is 3. The van der Waals surface area contributed by atoms with E-state index in [0.717, 1.165) is 11.8 Å². The first-order valence-corrected chi connectivity index (χ1v) is 5.33. The fourth-order valence-electron chi connectivity index (χ4n) is 2.28. The van der Waals surface area contributed by atoms with Crippen molar-refractivity contribution in [3.8, 4) is 0 Å². The lowest BCUT2D eigenvalue weighted by Crippen LogP contribution is -2.04. The zero-order valence-corrected chi connectivity index (χ0v) is 8.56. The van der Waals surface area contributed by atoms with Gasteiger partial charge in [-0.1, -0.05) is 31.9 Å². The molecule has 0 bridgehead atoms. The van der Waals surface area contributed by atoms with Crippen molar-refractivity contribution in [2.75, 3.05) is 0 Å². The first-order valence-electron chi connectivity index (χ1n) is 3.74. The van der Waals surface area contributed by atoms with Crippen LogP contribution in [0.15, 0.2) is 0 Å². The lowest BCUT2D eigenvalue weighted by molar-refractivity contribution is 0.360. The number of hydrogen-bond donors (Lipinski definition) is 0. The molecule has 2 saturated carbocycles. The summed E-state index contributed by atoms with van der Waals surface area (Å²) in [4.78, 5) is 0. The van der Waals surface area contributed by atoms with Crippen molar-refractivity contribution < 1.29 is 4.74 Å². The number of rotatable bonds is 0. The predicted octanol–water partition coefficient (Wildman–Crippen LogP) is 2.28. The Kier molecular flexibility index (Phi) is 1.06. The molecule has 0 amide bonds. The lowest BCUT2D eigenvalue weighted by Gasteiger charge is -1.99. The third-order valence-corrected chi connectivity index (χ3v) is 5.23. The first kappa shape index (κ1) is 6.44. The van der Waals surface area contributed by atoms with E-state index in [-0.39, 0.29) is 3.23 Å². The second kappa shape index (κ2) is 1.64. The van der Waals surface area contributed by atoms with Crippen molar-refractivity contribution in [3.05, 3.63) is 0 Å². The molecular weight excluding hydrogens is 260 g/mol. The molecule has 2 aliphatic carbocycles. The normalized spacial score (nSPS) is 60.6. The van der Waals surface area contributed by atoms with Gasteiger partial charge < -0.3 is 4.74 Å². The minimum Gasteiger partial charge on any atom is -0.369 e. The van der Waals surface area contributed by atoms with E-state index in [0.29, 0.717) is 12.2 Å². The van der Waals surface area contributed by atoms with Crippen LogP contribution in [-0.4, -0.2) is 15.4 Å². The Morgan fingerprint density at radius 3 is 2.80 bits per heavy atom. The summed E-state index contributed by atoms with van der Waals surface area (Å²) in [6.45, 7) is 0. The molecule has 0 aromatic rings. The van der Waals surface area contributed by atoms with Gasteiger partial charge in [0, 0.05) is 5.92 Å². The van der Waals surface area contributed by atoms with Crippen molar-refractivity contribution in [2.45, 2.75) is 28.3 Å². The minimum atomic E-state index is 0.260. The van der Waals surface area contributed by atoms with Crippen LogP contribution in [0.5, 0.6) is 0 Å². The summed E-state index contributed by atoms with van der Waals surface area (Å²) < 4.78 is 5.77. The van der Waals surface area contributed by atoms with Crippen LogP contribution >= 0.6 is 31.9 Å². The molecule has 3 fully saturated rings. The Balaban J connectivity index is 1.89. The molecule has 3 heteroatoms. The van der Waals surface area contributed by atoms with Crippen molar-refractivity contribution in [1.82, 2.24) is 0 Å². The molecule has 0 aromatic carbocycles. The zero-order valence-electron chi connectivity index (χ0n) is 5.39. The highest BCUT2D eigenvalue weighted by Crippen LogP contribution is 2.71. The van der Waals surface area contributed by atoms with Gasteiger partial charge in [0.2, 0.25) is 0 Å². The maximum atomic E-state index is 5.51. The zero-order chi connectivity index (χ0) is 6.93. The van der Waals surface area contributed by atoms with Crippen LogP contribution in [-0.2, 0) is 4.74 Å². The van der Waals surface area contributed by atoms with Crippen LogP contribution in [0, 0.1) is 11.8 Å². The van der Waals surface area contributed by atoms with Crippen LogP contribution in [0.3, 0.4) is 0 Å². The van der Waals surface area contributed by atoms with E-state index >= 15 is 0 Å². The van der Waals surface area contributed by atoms with Gasteiger partial charge in [-0.3, -0.25) is 0 Å². The maximum absolute atomic E-state index is 5.51. The SMILES string of the molecule is BrC1(Br)C2CCC3OC3C21. The number of ether oxygens (including phenoxy) is 1. The molecule has 3 aliphatic rings. The van der Waals surface area contributed by atoms with Gasteiger partial charge in [0.05, 0.1) is 15.4 Å². The minimum absolute atomic E-state index is 0.260. The Bertz CT molecular complexity index is 192. The average molecular weight is 268 g/mol. The van der Waals surface area contributed by atoms with Gasteiger partial charge in [0.15, 0.2) is 0 Å². The molecule has 4 unspecified atom stereocenters. The van der Waals surface area contributed by atoms with Crippen molar-refractivity contribution in [1.29, 1.82) is 0 Å².